The Bertz CT molecular complexity index is 516. The van der Waals surface area contributed by atoms with Gasteiger partial charge in [-0.15, -0.1) is 0 Å². The van der Waals surface area contributed by atoms with E-state index in [1.165, 1.54) is 6.20 Å². The molecule has 0 aliphatic heterocycles. The van der Waals surface area contributed by atoms with Crippen LogP contribution in [-0.2, 0) is 14.8 Å². The van der Waals surface area contributed by atoms with E-state index in [0.717, 1.165) is 0 Å². The first-order valence-electron chi connectivity index (χ1n) is 5.30. The molecular weight excluding hydrogens is 258 g/mol. The van der Waals surface area contributed by atoms with E-state index in [1.807, 2.05) is 0 Å². The standard InChI is InChI=1S/C10H15N3O4S/c1-2-17-10(14)8-4-3-5-12-9(8)13-6-7-18(11,15)16/h3-5H,2,6-7H2,1H3,(H,12,13)(H2,11,15,16). The summed E-state index contributed by atoms with van der Waals surface area (Å²) >= 11 is 0. The Kier molecular flexibility index (Phi) is 5.05. The molecule has 0 fully saturated rings. The number of esters is 1. The first kappa shape index (κ1) is 14.4. The highest BCUT2D eigenvalue weighted by atomic mass is 32.2. The van der Waals surface area contributed by atoms with E-state index in [2.05, 4.69) is 10.3 Å². The molecule has 0 amide bonds. The molecule has 1 rings (SSSR count). The minimum atomic E-state index is -3.54. The summed E-state index contributed by atoms with van der Waals surface area (Å²) < 4.78 is 26.4. The lowest BCUT2D eigenvalue weighted by molar-refractivity contribution is 0.0527. The zero-order valence-electron chi connectivity index (χ0n) is 9.92. The number of sulfonamides is 1. The lowest BCUT2D eigenvalue weighted by atomic mass is 10.2. The summed E-state index contributed by atoms with van der Waals surface area (Å²) in [6, 6.07) is 3.14. The number of nitrogens with two attached hydrogens (primary N) is 1. The summed E-state index contributed by atoms with van der Waals surface area (Å²) in [5, 5.41) is 7.60. The van der Waals surface area contributed by atoms with Crippen molar-refractivity contribution in [1.29, 1.82) is 0 Å². The number of nitrogens with one attached hydrogen (secondary N) is 1. The number of hydrogen-bond donors (Lipinski definition) is 2. The van der Waals surface area contributed by atoms with Crippen molar-refractivity contribution in [3.8, 4) is 0 Å². The largest absolute Gasteiger partial charge is 0.462 e. The molecule has 0 aliphatic carbocycles. The predicted octanol–water partition coefficient (Wildman–Crippen LogP) is -0.0413. The summed E-state index contributed by atoms with van der Waals surface area (Å²) in [4.78, 5) is 15.5. The number of nitrogens with zero attached hydrogens (tertiary/aromatic N) is 1. The number of anilines is 1. The predicted molar refractivity (Wildman–Crippen MR) is 66.7 cm³/mol. The van der Waals surface area contributed by atoms with Gasteiger partial charge in [-0.1, -0.05) is 0 Å². The molecule has 18 heavy (non-hydrogen) atoms. The Morgan fingerprint density at radius 3 is 2.89 bits per heavy atom. The lowest BCUT2D eigenvalue weighted by Crippen LogP contribution is -2.23. The Labute approximate surface area is 105 Å². The van der Waals surface area contributed by atoms with Crippen molar-refractivity contribution in [2.24, 2.45) is 5.14 Å². The second-order valence-electron chi connectivity index (χ2n) is 3.41. The highest BCUT2D eigenvalue weighted by Crippen LogP contribution is 2.12. The van der Waals surface area contributed by atoms with Gasteiger partial charge in [-0.2, -0.15) is 0 Å². The van der Waals surface area contributed by atoms with Gasteiger partial charge >= 0.3 is 5.97 Å². The van der Waals surface area contributed by atoms with Gasteiger partial charge in [-0.25, -0.2) is 23.3 Å². The van der Waals surface area contributed by atoms with Crippen LogP contribution < -0.4 is 10.5 Å². The van der Waals surface area contributed by atoms with Crippen LogP contribution in [0.1, 0.15) is 17.3 Å². The van der Waals surface area contributed by atoms with E-state index < -0.39 is 16.0 Å². The highest BCUT2D eigenvalue weighted by Gasteiger charge is 2.13. The third-order valence-corrected chi connectivity index (χ3v) is 2.76. The first-order valence-corrected chi connectivity index (χ1v) is 7.02. The summed E-state index contributed by atoms with van der Waals surface area (Å²) in [5.74, 6) is -0.477. The monoisotopic (exact) mass is 273 g/mol. The molecule has 0 atom stereocenters. The molecule has 1 aromatic rings. The molecule has 0 bridgehead atoms. The number of pyridine rings is 1. The maximum atomic E-state index is 11.6. The van der Waals surface area contributed by atoms with Crippen molar-refractivity contribution in [2.45, 2.75) is 6.92 Å². The molecule has 0 aliphatic rings. The van der Waals surface area contributed by atoms with Gasteiger partial charge in [-0.3, -0.25) is 0 Å². The van der Waals surface area contributed by atoms with Crippen LogP contribution in [0.5, 0.6) is 0 Å². The molecule has 0 unspecified atom stereocenters. The number of hydrogen-bond acceptors (Lipinski definition) is 6. The minimum Gasteiger partial charge on any atom is -0.462 e. The fraction of sp³-hybridized carbons (Fsp3) is 0.400. The van der Waals surface area contributed by atoms with Gasteiger partial charge in [0.2, 0.25) is 10.0 Å². The van der Waals surface area contributed by atoms with Crippen LogP contribution in [0.15, 0.2) is 18.3 Å². The van der Waals surface area contributed by atoms with Gasteiger partial charge < -0.3 is 10.1 Å². The maximum absolute atomic E-state index is 11.6. The smallest absolute Gasteiger partial charge is 0.341 e. The average Bonchev–Trinajstić information content (AvgIpc) is 2.28. The Balaban J connectivity index is 2.73. The number of aromatic nitrogens is 1. The SMILES string of the molecule is CCOC(=O)c1cccnc1NCCS(N)(=O)=O. The molecule has 8 heteroatoms. The molecule has 0 spiro atoms. The number of rotatable bonds is 6. The van der Waals surface area contributed by atoms with Crippen LogP contribution in [0.25, 0.3) is 0 Å². The highest BCUT2D eigenvalue weighted by molar-refractivity contribution is 7.89. The van der Waals surface area contributed by atoms with Gasteiger partial charge in [0.1, 0.15) is 11.4 Å². The van der Waals surface area contributed by atoms with Crippen molar-refractivity contribution in [3.63, 3.8) is 0 Å². The van der Waals surface area contributed by atoms with Gasteiger partial charge in [0, 0.05) is 12.7 Å². The summed E-state index contributed by atoms with van der Waals surface area (Å²) in [6.45, 7) is 2.02. The van der Waals surface area contributed by atoms with Crippen molar-refractivity contribution in [3.05, 3.63) is 23.9 Å². The minimum absolute atomic E-state index is 0.0717. The Hall–Kier alpha value is -1.67. The zero-order valence-corrected chi connectivity index (χ0v) is 10.7. The molecule has 3 N–H and O–H groups in total. The number of primary sulfonamides is 1. The van der Waals surface area contributed by atoms with Crippen LogP contribution in [-0.4, -0.2) is 38.3 Å². The Morgan fingerprint density at radius 2 is 2.28 bits per heavy atom. The van der Waals surface area contributed by atoms with Crippen LogP contribution in [0, 0.1) is 0 Å². The molecule has 1 aromatic heterocycles. The zero-order chi connectivity index (χ0) is 13.6. The summed E-state index contributed by atoms with van der Waals surface area (Å²) in [5.41, 5.74) is 0.258. The van der Waals surface area contributed by atoms with E-state index in [-0.39, 0.29) is 30.3 Å². The Morgan fingerprint density at radius 1 is 1.56 bits per heavy atom. The quantitative estimate of drug-likeness (QED) is 0.703. The normalized spacial score (nSPS) is 11.0. The lowest BCUT2D eigenvalue weighted by Gasteiger charge is -2.09. The van der Waals surface area contributed by atoms with E-state index >= 15 is 0 Å². The van der Waals surface area contributed by atoms with Crippen molar-refractivity contribution in [2.75, 3.05) is 24.2 Å². The van der Waals surface area contributed by atoms with Crippen LogP contribution in [0.3, 0.4) is 0 Å². The van der Waals surface area contributed by atoms with Crippen molar-refractivity contribution in [1.82, 2.24) is 4.98 Å². The number of carbonyl (C=O) groups excluding carboxylic acids is 1. The van der Waals surface area contributed by atoms with Gasteiger partial charge in [-0.05, 0) is 19.1 Å². The summed E-state index contributed by atoms with van der Waals surface area (Å²) in [6.07, 6.45) is 1.49. The van der Waals surface area contributed by atoms with E-state index in [1.54, 1.807) is 19.1 Å². The maximum Gasteiger partial charge on any atom is 0.341 e. The fourth-order valence-electron chi connectivity index (χ4n) is 1.23. The van der Waals surface area contributed by atoms with Gasteiger partial charge in [0.05, 0.1) is 12.4 Å². The van der Waals surface area contributed by atoms with E-state index in [4.69, 9.17) is 9.88 Å². The molecule has 0 radical (unpaired) electrons. The van der Waals surface area contributed by atoms with E-state index in [9.17, 15) is 13.2 Å². The van der Waals surface area contributed by atoms with Crippen molar-refractivity contribution < 1.29 is 17.9 Å². The molecule has 7 nitrogen and oxygen atoms in total. The average molecular weight is 273 g/mol. The molecular formula is C10H15N3O4S. The molecule has 0 saturated carbocycles. The van der Waals surface area contributed by atoms with E-state index in [0.29, 0.717) is 0 Å². The van der Waals surface area contributed by atoms with Crippen molar-refractivity contribution >= 4 is 21.8 Å². The molecule has 1 heterocycles. The molecule has 0 aromatic carbocycles. The second-order valence-corrected chi connectivity index (χ2v) is 5.15. The fourth-order valence-corrected chi connectivity index (χ4v) is 1.62. The molecule has 100 valence electrons. The second kappa shape index (κ2) is 6.31. The number of carbonyl (C=O) groups is 1. The number of ether oxygens (including phenoxy) is 1. The molecule has 0 saturated heterocycles. The van der Waals surface area contributed by atoms with Gasteiger partial charge in [0.25, 0.3) is 0 Å². The third kappa shape index (κ3) is 4.68. The van der Waals surface area contributed by atoms with Crippen LogP contribution in [0.2, 0.25) is 0 Å². The topological polar surface area (TPSA) is 111 Å². The first-order chi connectivity index (χ1) is 8.44. The third-order valence-electron chi connectivity index (χ3n) is 1.98. The summed E-state index contributed by atoms with van der Waals surface area (Å²) in [7, 11) is -3.54. The van der Waals surface area contributed by atoms with Crippen LogP contribution >= 0.6 is 0 Å². The van der Waals surface area contributed by atoms with Crippen LogP contribution in [0.4, 0.5) is 5.82 Å². The van der Waals surface area contributed by atoms with Gasteiger partial charge in [0.15, 0.2) is 0 Å².